The Morgan fingerprint density at radius 3 is 2.76 bits per heavy atom. The maximum Gasteiger partial charge on any atom is 0.337 e. The van der Waals surface area contributed by atoms with Crippen molar-refractivity contribution >= 4 is 11.7 Å². The van der Waals surface area contributed by atoms with E-state index in [1.54, 1.807) is 6.07 Å². The zero-order valence-electron chi connectivity index (χ0n) is 13.6. The van der Waals surface area contributed by atoms with Gasteiger partial charge in [-0.2, -0.15) is 0 Å². The van der Waals surface area contributed by atoms with Crippen LogP contribution in [0.1, 0.15) is 50.4 Å². The summed E-state index contributed by atoms with van der Waals surface area (Å²) in [7, 11) is 1.42. The molecule has 21 heavy (non-hydrogen) atoms. The third kappa shape index (κ3) is 3.99. The number of carbonyl (C=O) groups excluding carboxylic acids is 1. The van der Waals surface area contributed by atoms with E-state index in [0.717, 1.165) is 11.6 Å². The van der Waals surface area contributed by atoms with Gasteiger partial charge in [0, 0.05) is 11.7 Å². The van der Waals surface area contributed by atoms with Gasteiger partial charge in [0.25, 0.3) is 0 Å². The molecule has 0 saturated heterocycles. The van der Waals surface area contributed by atoms with E-state index >= 15 is 0 Å². The lowest BCUT2D eigenvalue weighted by atomic mass is 9.74. The average molecular weight is 289 g/mol. The molecule has 3 nitrogen and oxygen atoms in total. The summed E-state index contributed by atoms with van der Waals surface area (Å²) in [5.41, 5.74) is 1.62. The van der Waals surface area contributed by atoms with Gasteiger partial charge in [-0.25, -0.2) is 4.79 Å². The Labute approximate surface area is 128 Å². The van der Waals surface area contributed by atoms with Gasteiger partial charge in [0.1, 0.15) is 0 Å². The highest BCUT2D eigenvalue weighted by molar-refractivity contribution is 5.90. The zero-order chi connectivity index (χ0) is 15.4. The number of rotatable bonds is 4. The fraction of sp³-hybridized carbons (Fsp3) is 0.611. The maximum absolute atomic E-state index is 11.6. The predicted octanol–water partition coefficient (Wildman–Crippen LogP) is 4.35. The normalized spacial score (nSPS) is 25.7. The second kappa shape index (κ2) is 6.97. The van der Waals surface area contributed by atoms with Crippen LogP contribution in [0, 0.1) is 17.8 Å². The van der Waals surface area contributed by atoms with E-state index in [-0.39, 0.29) is 5.97 Å². The monoisotopic (exact) mass is 289 g/mol. The van der Waals surface area contributed by atoms with Crippen LogP contribution in [0.4, 0.5) is 5.69 Å². The minimum atomic E-state index is -0.281. The number of hydrogen-bond acceptors (Lipinski definition) is 3. The summed E-state index contributed by atoms with van der Waals surface area (Å²) in [4.78, 5) is 11.6. The maximum atomic E-state index is 11.6. The zero-order valence-corrected chi connectivity index (χ0v) is 13.6. The second-order valence-electron chi connectivity index (χ2n) is 6.65. The lowest BCUT2D eigenvalue weighted by Gasteiger charge is -2.38. The first-order valence-corrected chi connectivity index (χ1v) is 7.96. The van der Waals surface area contributed by atoms with Crippen LogP contribution in [0.3, 0.4) is 0 Å². The first-order chi connectivity index (χ1) is 10.0. The highest BCUT2D eigenvalue weighted by Gasteiger charge is 2.30. The molecule has 0 aromatic heterocycles. The van der Waals surface area contributed by atoms with Crippen molar-refractivity contribution in [3.8, 4) is 0 Å². The minimum Gasteiger partial charge on any atom is -0.465 e. The summed E-state index contributed by atoms with van der Waals surface area (Å²) < 4.78 is 4.79. The van der Waals surface area contributed by atoms with Gasteiger partial charge in [-0.1, -0.05) is 33.3 Å². The molecule has 0 bridgehead atoms. The summed E-state index contributed by atoms with van der Waals surface area (Å²) in [5.74, 6) is 1.86. The third-order valence-electron chi connectivity index (χ3n) is 4.66. The molecular weight excluding hydrogens is 262 g/mol. The fourth-order valence-corrected chi connectivity index (χ4v) is 3.44. The first kappa shape index (κ1) is 15.9. The summed E-state index contributed by atoms with van der Waals surface area (Å²) in [5, 5.41) is 3.65. The number of anilines is 1. The number of benzene rings is 1. The summed E-state index contributed by atoms with van der Waals surface area (Å²) in [6, 6.07) is 8.11. The SMILES string of the molecule is COC(=O)c1cccc(NC2CC(C)CCC2C(C)C)c1. The van der Waals surface area contributed by atoms with E-state index in [1.807, 2.05) is 18.2 Å². The number of hydrogen-bond donors (Lipinski definition) is 1. The predicted molar refractivity (Wildman–Crippen MR) is 86.5 cm³/mol. The Kier molecular flexibility index (Phi) is 5.27. The molecule has 1 aliphatic rings. The van der Waals surface area contributed by atoms with Crippen LogP contribution in [0.5, 0.6) is 0 Å². The Balaban J connectivity index is 2.13. The van der Waals surface area contributed by atoms with Gasteiger partial charge < -0.3 is 10.1 Å². The van der Waals surface area contributed by atoms with Crippen molar-refractivity contribution in [3.05, 3.63) is 29.8 Å². The molecule has 1 aromatic carbocycles. The largest absolute Gasteiger partial charge is 0.465 e. The van der Waals surface area contributed by atoms with Crippen molar-refractivity contribution in [2.75, 3.05) is 12.4 Å². The van der Waals surface area contributed by atoms with Crippen molar-refractivity contribution in [2.45, 2.75) is 46.1 Å². The molecule has 2 rings (SSSR count). The third-order valence-corrected chi connectivity index (χ3v) is 4.66. The number of carbonyl (C=O) groups is 1. The molecule has 1 aromatic rings. The molecule has 1 aliphatic carbocycles. The van der Waals surface area contributed by atoms with E-state index in [4.69, 9.17) is 4.74 Å². The lowest BCUT2D eigenvalue weighted by molar-refractivity contribution is 0.0601. The van der Waals surface area contributed by atoms with Gasteiger partial charge >= 0.3 is 5.97 Å². The average Bonchev–Trinajstić information content (AvgIpc) is 2.46. The Morgan fingerprint density at radius 1 is 1.33 bits per heavy atom. The number of esters is 1. The molecule has 116 valence electrons. The van der Waals surface area contributed by atoms with Crippen molar-refractivity contribution in [1.82, 2.24) is 0 Å². The topological polar surface area (TPSA) is 38.3 Å². The van der Waals surface area contributed by atoms with Crippen LogP contribution in [0.15, 0.2) is 24.3 Å². The quantitative estimate of drug-likeness (QED) is 0.838. The first-order valence-electron chi connectivity index (χ1n) is 7.96. The van der Waals surface area contributed by atoms with Gasteiger partial charge in [-0.05, 0) is 48.8 Å². The molecule has 0 amide bonds. The van der Waals surface area contributed by atoms with Crippen molar-refractivity contribution in [1.29, 1.82) is 0 Å². The Hall–Kier alpha value is -1.51. The molecule has 0 spiro atoms. The summed E-state index contributed by atoms with van der Waals surface area (Å²) in [6.07, 6.45) is 3.81. The van der Waals surface area contributed by atoms with E-state index < -0.39 is 0 Å². The highest BCUT2D eigenvalue weighted by Crippen LogP contribution is 2.35. The molecule has 3 heteroatoms. The van der Waals surface area contributed by atoms with E-state index in [1.165, 1.54) is 26.4 Å². The molecule has 1 fully saturated rings. The summed E-state index contributed by atoms with van der Waals surface area (Å²) in [6.45, 7) is 6.94. The van der Waals surface area contributed by atoms with E-state index in [2.05, 4.69) is 26.1 Å². The number of ether oxygens (including phenoxy) is 1. The van der Waals surface area contributed by atoms with E-state index in [0.29, 0.717) is 23.4 Å². The van der Waals surface area contributed by atoms with Gasteiger partial charge in [0.05, 0.1) is 12.7 Å². The highest BCUT2D eigenvalue weighted by atomic mass is 16.5. The molecule has 0 radical (unpaired) electrons. The van der Waals surface area contributed by atoms with Crippen LogP contribution in [-0.2, 0) is 4.74 Å². The number of methoxy groups -OCH3 is 1. The van der Waals surface area contributed by atoms with Crippen LogP contribution in [-0.4, -0.2) is 19.1 Å². The fourth-order valence-electron chi connectivity index (χ4n) is 3.44. The molecule has 3 unspecified atom stereocenters. The molecule has 1 saturated carbocycles. The standard InChI is InChI=1S/C18H27NO2/c1-12(2)16-9-8-13(3)10-17(16)19-15-7-5-6-14(11-15)18(20)21-4/h5-7,11-13,16-17,19H,8-10H2,1-4H3. The molecule has 0 heterocycles. The van der Waals surface area contributed by atoms with Gasteiger partial charge in [0.15, 0.2) is 0 Å². The lowest BCUT2D eigenvalue weighted by Crippen LogP contribution is -2.37. The van der Waals surface area contributed by atoms with Crippen LogP contribution in [0.25, 0.3) is 0 Å². The van der Waals surface area contributed by atoms with Gasteiger partial charge in [-0.3, -0.25) is 0 Å². The Morgan fingerprint density at radius 2 is 2.10 bits per heavy atom. The van der Waals surface area contributed by atoms with Crippen molar-refractivity contribution in [3.63, 3.8) is 0 Å². The minimum absolute atomic E-state index is 0.281. The number of nitrogens with one attached hydrogen (secondary N) is 1. The van der Waals surface area contributed by atoms with Gasteiger partial charge in [-0.15, -0.1) is 0 Å². The molecule has 3 atom stereocenters. The van der Waals surface area contributed by atoms with E-state index in [9.17, 15) is 4.79 Å². The van der Waals surface area contributed by atoms with Crippen molar-refractivity contribution < 1.29 is 9.53 Å². The molecule has 1 N–H and O–H groups in total. The van der Waals surface area contributed by atoms with Crippen LogP contribution in [0.2, 0.25) is 0 Å². The molecular formula is C18H27NO2. The summed E-state index contributed by atoms with van der Waals surface area (Å²) >= 11 is 0. The van der Waals surface area contributed by atoms with Gasteiger partial charge in [0.2, 0.25) is 0 Å². The van der Waals surface area contributed by atoms with Crippen molar-refractivity contribution in [2.24, 2.45) is 17.8 Å². The smallest absolute Gasteiger partial charge is 0.337 e. The van der Waals surface area contributed by atoms with Crippen LogP contribution < -0.4 is 5.32 Å². The van der Waals surface area contributed by atoms with Crippen LogP contribution >= 0.6 is 0 Å². The second-order valence-corrected chi connectivity index (χ2v) is 6.65. The molecule has 0 aliphatic heterocycles. The Bertz CT molecular complexity index is 484.